The van der Waals surface area contributed by atoms with Crippen molar-refractivity contribution < 1.29 is 9.53 Å². The van der Waals surface area contributed by atoms with Crippen molar-refractivity contribution in [3.05, 3.63) is 0 Å². The van der Waals surface area contributed by atoms with E-state index >= 15 is 0 Å². The summed E-state index contributed by atoms with van der Waals surface area (Å²) >= 11 is 0. The molecule has 26 heavy (non-hydrogen) atoms. The summed E-state index contributed by atoms with van der Waals surface area (Å²) in [6.07, 6.45) is 1.66. The van der Waals surface area contributed by atoms with E-state index in [0.29, 0.717) is 6.04 Å². The van der Waals surface area contributed by atoms with Crippen molar-refractivity contribution in [2.45, 2.75) is 45.8 Å². The van der Waals surface area contributed by atoms with Crippen molar-refractivity contribution in [1.29, 1.82) is 0 Å². The van der Waals surface area contributed by atoms with E-state index < -0.39 is 0 Å². The van der Waals surface area contributed by atoms with Gasteiger partial charge in [0.2, 0.25) is 0 Å². The molecule has 2 fully saturated rings. The zero-order valence-corrected chi connectivity index (χ0v) is 19.1. The number of carbonyl (C=O) groups is 1. The van der Waals surface area contributed by atoms with Gasteiger partial charge in [0.05, 0.1) is 6.54 Å². The molecule has 2 rings (SSSR count). The van der Waals surface area contributed by atoms with Crippen LogP contribution in [0, 0.1) is 0 Å². The Morgan fingerprint density at radius 2 is 1.92 bits per heavy atom. The Morgan fingerprint density at radius 1 is 1.27 bits per heavy atom. The number of nitrogens with one attached hydrogen (secondary N) is 1. The zero-order valence-electron chi connectivity index (χ0n) is 16.7. The molecule has 0 spiro atoms. The summed E-state index contributed by atoms with van der Waals surface area (Å²) in [4.78, 5) is 23.7. The van der Waals surface area contributed by atoms with Crippen LogP contribution in [-0.2, 0) is 9.53 Å². The monoisotopic (exact) mass is 481 g/mol. The molecule has 0 aliphatic carbocycles. The largest absolute Gasteiger partial charge is 0.368 e. The van der Waals surface area contributed by atoms with Gasteiger partial charge in [-0.2, -0.15) is 0 Å². The maximum Gasteiger partial charge on any atom is 0.251 e. The number of carbonyl (C=O) groups excluding carboxylic acids is 1. The number of rotatable bonds is 6. The predicted octanol–water partition coefficient (Wildman–Crippen LogP) is 1.23. The summed E-state index contributed by atoms with van der Waals surface area (Å²) in [7, 11) is 2.13. The molecule has 0 bridgehead atoms. The molecule has 0 aromatic carbocycles. The number of hydrogen-bond acceptors (Lipinski definition) is 4. The summed E-state index contributed by atoms with van der Waals surface area (Å²) in [5.74, 6) is 1.13. The first-order valence-electron chi connectivity index (χ1n) is 9.66. The second kappa shape index (κ2) is 12.0. The molecule has 152 valence electrons. The van der Waals surface area contributed by atoms with Crippen LogP contribution < -0.4 is 5.32 Å². The number of aliphatic imine (C=N–C) groups is 1. The first-order valence-corrected chi connectivity index (χ1v) is 9.66. The van der Waals surface area contributed by atoms with E-state index in [4.69, 9.17) is 9.73 Å². The van der Waals surface area contributed by atoms with Crippen LogP contribution in [0.2, 0.25) is 0 Å². The lowest BCUT2D eigenvalue weighted by molar-refractivity contribution is -0.142. The Labute approximate surface area is 175 Å². The number of guanidine groups is 1. The lowest BCUT2D eigenvalue weighted by Gasteiger charge is -2.37. The Kier molecular flexibility index (Phi) is 10.8. The number of halogens is 1. The smallest absolute Gasteiger partial charge is 0.251 e. The molecule has 1 N–H and O–H groups in total. The highest BCUT2D eigenvalue weighted by Crippen LogP contribution is 2.16. The van der Waals surface area contributed by atoms with Crippen LogP contribution in [0.5, 0.6) is 0 Å². The Hall–Kier alpha value is -0.610. The van der Waals surface area contributed by atoms with Gasteiger partial charge in [0.15, 0.2) is 5.96 Å². The van der Waals surface area contributed by atoms with Gasteiger partial charge in [-0.05, 0) is 40.7 Å². The van der Waals surface area contributed by atoms with Crippen LogP contribution in [0.25, 0.3) is 0 Å². The van der Waals surface area contributed by atoms with Gasteiger partial charge in [0.1, 0.15) is 6.10 Å². The topological polar surface area (TPSA) is 60.4 Å². The minimum absolute atomic E-state index is 0. The molecule has 2 aliphatic heterocycles. The summed E-state index contributed by atoms with van der Waals surface area (Å²) in [5.41, 5.74) is 0. The second-order valence-electron chi connectivity index (χ2n) is 7.12. The first-order chi connectivity index (χ1) is 12.0. The standard InChI is InChI=1S/C18H35N5O2.HI/c1-5-19-18(20-8-9-21(4)15(2)3)23-12-10-22(11-13-23)17(24)16-7-6-14-25-16;/h15-16H,5-14H2,1-4H3,(H,19,20);1H. The van der Waals surface area contributed by atoms with E-state index in [0.717, 1.165) is 71.2 Å². The Bertz CT molecular complexity index is 447. The number of piperazine rings is 1. The number of amides is 1. The number of ether oxygens (including phenoxy) is 1. The highest BCUT2D eigenvalue weighted by Gasteiger charge is 2.30. The summed E-state index contributed by atoms with van der Waals surface area (Å²) in [6.45, 7) is 12.9. The molecule has 1 unspecified atom stereocenters. The van der Waals surface area contributed by atoms with Gasteiger partial charge in [-0.3, -0.25) is 9.79 Å². The number of hydrogen-bond donors (Lipinski definition) is 1. The van der Waals surface area contributed by atoms with Crippen molar-refractivity contribution in [1.82, 2.24) is 20.0 Å². The van der Waals surface area contributed by atoms with Gasteiger partial charge in [-0.15, -0.1) is 24.0 Å². The van der Waals surface area contributed by atoms with Crippen LogP contribution in [0.15, 0.2) is 4.99 Å². The van der Waals surface area contributed by atoms with Crippen LogP contribution in [-0.4, -0.2) is 98.2 Å². The van der Waals surface area contributed by atoms with Gasteiger partial charge in [-0.1, -0.05) is 0 Å². The maximum absolute atomic E-state index is 12.4. The first kappa shape index (κ1) is 23.4. The van der Waals surface area contributed by atoms with Crippen molar-refractivity contribution in [3.8, 4) is 0 Å². The summed E-state index contributed by atoms with van der Waals surface area (Å²) in [6, 6.07) is 0.533. The van der Waals surface area contributed by atoms with E-state index in [9.17, 15) is 4.79 Å². The molecule has 1 amide bonds. The fourth-order valence-corrected chi connectivity index (χ4v) is 3.11. The Balaban J connectivity index is 0.00000338. The third-order valence-electron chi connectivity index (χ3n) is 5.03. The van der Waals surface area contributed by atoms with E-state index in [1.54, 1.807) is 0 Å². The van der Waals surface area contributed by atoms with Crippen LogP contribution in [0.1, 0.15) is 33.6 Å². The molecule has 0 saturated carbocycles. The van der Waals surface area contributed by atoms with Crippen molar-refractivity contribution >= 4 is 35.8 Å². The third-order valence-corrected chi connectivity index (χ3v) is 5.03. The minimum Gasteiger partial charge on any atom is -0.368 e. The molecule has 2 heterocycles. The van der Waals surface area contributed by atoms with E-state index in [1.165, 1.54) is 0 Å². The number of likely N-dealkylation sites (N-methyl/N-ethyl adjacent to an activating group) is 1. The van der Waals surface area contributed by atoms with Crippen LogP contribution in [0.3, 0.4) is 0 Å². The molecule has 1 atom stereocenters. The van der Waals surface area contributed by atoms with Crippen molar-refractivity contribution in [2.24, 2.45) is 4.99 Å². The molecule has 0 aromatic heterocycles. The minimum atomic E-state index is -0.208. The summed E-state index contributed by atoms with van der Waals surface area (Å²) in [5, 5.41) is 3.38. The molecule has 7 nitrogen and oxygen atoms in total. The SMILES string of the molecule is CCNC(=NCCN(C)C(C)C)N1CCN(C(=O)C2CCCO2)CC1.I. The van der Waals surface area contributed by atoms with Crippen LogP contribution in [0.4, 0.5) is 0 Å². The van der Waals surface area contributed by atoms with Gasteiger partial charge in [0, 0.05) is 51.9 Å². The molecular weight excluding hydrogens is 445 g/mol. The van der Waals surface area contributed by atoms with E-state index in [-0.39, 0.29) is 36.0 Å². The lowest BCUT2D eigenvalue weighted by atomic mass is 10.2. The van der Waals surface area contributed by atoms with Crippen molar-refractivity contribution in [2.75, 3.05) is 59.5 Å². The predicted molar refractivity (Wildman–Crippen MR) is 116 cm³/mol. The third kappa shape index (κ3) is 6.84. The lowest BCUT2D eigenvalue weighted by Crippen LogP contribution is -2.55. The molecule has 0 radical (unpaired) electrons. The zero-order chi connectivity index (χ0) is 18.2. The van der Waals surface area contributed by atoms with Gasteiger partial charge >= 0.3 is 0 Å². The van der Waals surface area contributed by atoms with Crippen LogP contribution >= 0.6 is 24.0 Å². The maximum atomic E-state index is 12.4. The second-order valence-corrected chi connectivity index (χ2v) is 7.12. The summed E-state index contributed by atoms with van der Waals surface area (Å²) < 4.78 is 5.53. The quantitative estimate of drug-likeness (QED) is 0.352. The molecule has 2 saturated heterocycles. The molecular formula is C18H36IN5O2. The average molecular weight is 481 g/mol. The molecule has 8 heteroatoms. The van der Waals surface area contributed by atoms with Gasteiger partial charge < -0.3 is 24.8 Å². The van der Waals surface area contributed by atoms with E-state index in [2.05, 4.69) is 42.9 Å². The normalized spacial score (nSPS) is 21.3. The highest BCUT2D eigenvalue weighted by molar-refractivity contribution is 14.0. The molecule has 2 aliphatic rings. The average Bonchev–Trinajstić information content (AvgIpc) is 3.15. The molecule has 0 aromatic rings. The Morgan fingerprint density at radius 3 is 2.46 bits per heavy atom. The fraction of sp³-hybridized carbons (Fsp3) is 0.889. The van der Waals surface area contributed by atoms with Gasteiger partial charge in [-0.25, -0.2) is 0 Å². The van der Waals surface area contributed by atoms with Gasteiger partial charge in [0.25, 0.3) is 5.91 Å². The number of nitrogens with zero attached hydrogens (tertiary/aromatic N) is 4. The fourth-order valence-electron chi connectivity index (χ4n) is 3.11. The highest BCUT2D eigenvalue weighted by atomic mass is 127. The van der Waals surface area contributed by atoms with E-state index in [1.807, 2.05) is 4.90 Å². The van der Waals surface area contributed by atoms with Crippen molar-refractivity contribution in [3.63, 3.8) is 0 Å².